The van der Waals surface area contributed by atoms with Crippen LogP contribution in [0.15, 0.2) is 0 Å². The van der Waals surface area contributed by atoms with Gasteiger partial charge in [-0.25, -0.2) is 13.2 Å². The van der Waals surface area contributed by atoms with E-state index in [9.17, 15) is 13.2 Å². The molecule has 2 aliphatic rings. The fourth-order valence-corrected chi connectivity index (χ4v) is 3.23. The molecule has 0 bridgehead atoms. The van der Waals surface area contributed by atoms with Crippen LogP contribution in [0.3, 0.4) is 0 Å². The van der Waals surface area contributed by atoms with Crippen molar-refractivity contribution in [3.63, 3.8) is 0 Å². The van der Waals surface area contributed by atoms with E-state index in [-0.39, 0.29) is 17.5 Å². The number of urea groups is 1. The molecule has 1 heterocycles. The molecule has 16 heavy (non-hydrogen) atoms. The molecule has 0 spiro atoms. The second kappa shape index (κ2) is 4.61. The molecule has 2 fully saturated rings. The van der Waals surface area contributed by atoms with E-state index in [0.29, 0.717) is 25.6 Å². The Balaban J connectivity index is 1.86. The zero-order chi connectivity index (χ0) is 11.6. The van der Waals surface area contributed by atoms with Gasteiger partial charge in [0.1, 0.15) is 0 Å². The third-order valence-corrected chi connectivity index (χ3v) is 4.99. The highest BCUT2D eigenvalue weighted by atomic mass is 32.2. The molecule has 0 radical (unpaired) electrons. The highest BCUT2D eigenvalue weighted by Crippen LogP contribution is 2.18. The summed E-state index contributed by atoms with van der Waals surface area (Å²) in [6, 6.07) is 0.217. The van der Waals surface area contributed by atoms with E-state index in [4.69, 9.17) is 0 Å². The third-order valence-electron chi connectivity index (χ3n) is 3.28. The summed E-state index contributed by atoms with van der Waals surface area (Å²) < 4.78 is 22.7. The van der Waals surface area contributed by atoms with Gasteiger partial charge in [0.2, 0.25) is 0 Å². The van der Waals surface area contributed by atoms with Gasteiger partial charge in [-0.2, -0.15) is 0 Å². The predicted octanol–water partition coefficient (Wildman–Crippen LogP) is 0.369. The first-order chi connectivity index (χ1) is 7.57. The highest BCUT2D eigenvalue weighted by molar-refractivity contribution is 7.91. The summed E-state index contributed by atoms with van der Waals surface area (Å²) in [4.78, 5) is 13.4. The molecular weight excluding hydrogens is 228 g/mol. The van der Waals surface area contributed by atoms with Crippen molar-refractivity contribution in [1.29, 1.82) is 0 Å². The SMILES string of the molecule is O=C(NC1CCC1)N1CCCS(=O)(=O)CC1. The van der Waals surface area contributed by atoms with Crippen molar-refractivity contribution >= 4 is 15.9 Å². The fraction of sp³-hybridized carbons (Fsp3) is 0.900. The number of carbonyl (C=O) groups is 1. The number of rotatable bonds is 1. The van der Waals surface area contributed by atoms with Gasteiger partial charge in [-0.3, -0.25) is 0 Å². The molecule has 1 aliphatic heterocycles. The fourth-order valence-electron chi connectivity index (χ4n) is 1.96. The van der Waals surface area contributed by atoms with E-state index in [1.807, 2.05) is 0 Å². The van der Waals surface area contributed by atoms with Crippen LogP contribution in [0.2, 0.25) is 0 Å². The average molecular weight is 246 g/mol. The predicted molar refractivity (Wildman–Crippen MR) is 61.0 cm³/mol. The van der Waals surface area contributed by atoms with Crippen LogP contribution in [0.4, 0.5) is 4.79 Å². The van der Waals surface area contributed by atoms with Gasteiger partial charge in [-0.05, 0) is 25.7 Å². The van der Waals surface area contributed by atoms with Crippen LogP contribution < -0.4 is 5.32 Å². The van der Waals surface area contributed by atoms with Crippen molar-refractivity contribution in [3.8, 4) is 0 Å². The maximum Gasteiger partial charge on any atom is 0.317 e. The molecule has 1 saturated carbocycles. The minimum atomic E-state index is -2.93. The second-order valence-corrected chi connectivity index (χ2v) is 6.87. The van der Waals surface area contributed by atoms with Crippen LogP contribution in [0, 0.1) is 0 Å². The standard InChI is InChI=1S/C10H18N2O3S/c13-10(11-9-3-1-4-9)12-5-2-7-16(14,15)8-6-12/h9H,1-8H2,(H,11,13). The van der Waals surface area contributed by atoms with E-state index < -0.39 is 9.84 Å². The largest absolute Gasteiger partial charge is 0.335 e. The normalized spacial score (nSPS) is 25.6. The molecule has 5 nitrogen and oxygen atoms in total. The highest BCUT2D eigenvalue weighted by Gasteiger charge is 2.25. The van der Waals surface area contributed by atoms with Crippen LogP contribution in [-0.2, 0) is 9.84 Å². The number of carbonyl (C=O) groups excluding carboxylic acids is 1. The Morgan fingerprint density at radius 2 is 1.88 bits per heavy atom. The zero-order valence-corrected chi connectivity index (χ0v) is 10.1. The number of hydrogen-bond donors (Lipinski definition) is 1. The van der Waals surface area contributed by atoms with Crippen molar-refractivity contribution in [2.45, 2.75) is 31.7 Å². The molecule has 0 aromatic carbocycles. The van der Waals surface area contributed by atoms with Crippen molar-refractivity contribution in [2.24, 2.45) is 0 Å². The molecule has 0 unspecified atom stereocenters. The molecule has 1 saturated heterocycles. The van der Waals surface area contributed by atoms with Crippen molar-refractivity contribution < 1.29 is 13.2 Å². The molecule has 6 heteroatoms. The third kappa shape index (κ3) is 2.87. The van der Waals surface area contributed by atoms with Crippen LogP contribution in [0.1, 0.15) is 25.7 Å². The Morgan fingerprint density at radius 3 is 2.50 bits per heavy atom. The lowest BCUT2D eigenvalue weighted by Gasteiger charge is -2.30. The zero-order valence-electron chi connectivity index (χ0n) is 9.31. The molecule has 2 rings (SSSR count). The first-order valence-corrected chi connectivity index (χ1v) is 7.65. The minimum Gasteiger partial charge on any atom is -0.335 e. The monoisotopic (exact) mass is 246 g/mol. The second-order valence-electron chi connectivity index (χ2n) is 4.57. The number of nitrogens with one attached hydrogen (secondary N) is 1. The lowest BCUT2D eigenvalue weighted by atomic mass is 9.93. The Kier molecular flexibility index (Phi) is 3.37. The number of amides is 2. The molecule has 0 atom stereocenters. The molecule has 92 valence electrons. The van der Waals surface area contributed by atoms with Crippen molar-refractivity contribution in [3.05, 3.63) is 0 Å². The first-order valence-electron chi connectivity index (χ1n) is 5.83. The Morgan fingerprint density at radius 1 is 1.12 bits per heavy atom. The number of nitrogens with zero attached hydrogens (tertiary/aromatic N) is 1. The molecule has 2 amide bonds. The summed E-state index contributed by atoms with van der Waals surface area (Å²) in [7, 11) is -2.93. The lowest BCUT2D eigenvalue weighted by Crippen LogP contribution is -2.48. The molecule has 1 aliphatic carbocycles. The van der Waals surface area contributed by atoms with E-state index in [0.717, 1.165) is 12.8 Å². The van der Waals surface area contributed by atoms with E-state index >= 15 is 0 Å². The summed E-state index contributed by atoms with van der Waals surface area (Å²) in [6.07, 6.45) is 3.84. The van der Waals surface area contributed by atoms with Gasteiger partial charge in [0, 0.05) is 19.1 Å². The van der Waals surface area contributed by atoms with Crippen LogP contribution in [0.5, 0.6) is 0 Å². The van der Waals surface area contributed by atoms with E-state index in [1.54, 1.807) is 4.90 Å². The van der Waals surface area contributed by atoms with Crippen molar-refractivity contribution in [1.82, 2.24) is 10.2 Å². The van der Waals surface area contributed by atoms with E-state index in [2.05, 4.69) is 5.32 Å². The maximum absolute atomic E-state index is 11.8. The Hall–Kier alpha value is -0.780. The molecule has 0 aromatic rings. The van der Waals surface area contributed by atoms with Gasteiger partial charge in [0.15, 0.2) is 9.84 Å². The quantitative estimate of drug-likeness (QED) is 0.727. The minimum absolute atomic E-state index is 0.0956. The number of hydrogen-bond acceptors (Lipinski definition) is 3. The van der Waals surface area contributed by atoms with Crippen molar-refractivity contribution in [2.75, 3.05) is 24.6 Å². The molecule has 0 aromatic heterocycles. The Labute approximate surface area is 96.1 Å². The Bertz CT molecular complexity index is 362. The van der Waals surface area contributed by atoms with Gasteiger partial charge in [-0.1, -0.05) is 0 Å². The smallest absolute Gasteiger partial charge is 0.317 e. The first kappa shape index (κ1) is 11.7. The lowest BCUT2D eigenvalue weighted by molar-refractivity contribution is 0.190. The summed E-state index contributed by atoms with van der Waals surface area (Å²) in [6.45, 7) is 0.888. The van der Waals surface area contributed by atoms with Gasteiger partial charge >= 0.3 is 6.03 Å². The molecular formula is C10H18N2O3S. The van der Waals surface area contributed by atoms with Gasteiger partial charge in [0.25, 0.3) is 0 Å². The molecule has 1 N–H and O–H groups in total. The summed E-state index contributed by atoms with van der Waals surface area (Å²) in [5.41, 5.74) is 0. The summed E-state index contributed by atoms with van der Waals surface area (Å²) >= 11 is 0. The maximum atomic E-state index is 11.8. The summed E-state index contributed by atoms with van der Waals surface area (Å²) in [5.74, 6) is 0.311. The topological polar surface area (TPSA) is 66.5 Å². The van der Waals surface area contributed by atoms with Gasteiger partial charge in [0.05, 0.1) is 11.5 Å². The number of sulfone groups is 1. The van der Waals surface area contributed by atoms with Gasteiger partial charge in [-0.15, -0.1) is 0 Å². The van der Waals surface area contributed by atoms with E-state index in [1.165, 1.54) is 6.42 Å². The van der Waals surface area contributed by atoms with Gasteiger partial charge < -0.3 is 10.2 Å². The van der Waals surface area contributed by atoms with Crippen LogP contribution in [-0.4, -0.2) is 50.0 Å². The average Bonchev–Trinajstić information content (AvgIpc) is 2.33. The van der Waals surface area contributed by atoms with Crippen LogP contribution >= 0.6 is 0 Å². The van der Waals surface area contributed by atoms with Crippen LogP contribution in [0.25, 0.3) is 0 Å². The summed E-state index contributed by atoms with van der Waals surface area (Å²) in [5, 5.41) is 2.93.